The Balaban J connectivity index is 1.89. The first-order valence-electron chi connectivity index (χ1n) is 5.45. The number of carbonyl (C=O) groups excluding carboxylic acids is 1. The molecular weight excluding hydrogens is 204 g/mol. The van der Waals surface area contributed by atoms with Crippen molar-refractivity contribution in [3.63, 3.8) is 0 Å². The Morgan fingerprint density at radius 1 is 1.69 bits per heavy atom. The SMILES string of the molecule is CC1(C(=O)NCc2ccncn2)CCNC1. The Labute approximate surface area is 94.7 Å². The molecule has 0 aromatic carbocycles. The third-order valence-corrected chi connectivity index (χ3v) is 2.99. The average Bonchev–Trinajstić information content (AvgIpc) is 2.76. The maximum Gasteiger partial charge on any atom is 0.227 e. The summed E-state index contributed by atoms with van der Waals surface area (Å²) in [7, 11) is 0. The fraction of sp³-hybridized carbons (Fsp3) is 0.545. The normalized spacial score (nSPS) is 24.3. The summed E-state index contributed by atoms with van der Waals surface area (Å²) < 4.78 is 0. The molecule has 0 radical (unpaired) electrons. The van der Waals surface area contributed by atoms with Crippen molar-refractivity contribution in [2.45, 2.75) is 19.9 Å². The molecule has 1 aromatic rings. The molecule has 86 valence electrons. The van der Waals surface area contributed by atoms with Gasteiger partial charge >= 0.3 is 0 Å². The lowest BCUT2D eigenvalue weighted by Crippen LogP contribution is -2.40. The van der Waals surface area contributed by atoms with Gasteiger partial charge in [0.25, 0.3) is 0 Å². The molecule has 2 N–H and O–H groups in total. The molecule has 1 atom stereocenters. The van der Waals surface area contributed by atoms with E-state index in [1.165, 1.54) is 6.33 Å². The second-order valence-corrected chi connectivity index (χ2v) is 4.37. The number of rotatable bonds is 3. The molecular formula is C11H16N4O. The zero-order valence-corrected chi connectivity index (χ0v) is 9.36. The maximum atomic E-state index is 11.9. The van der Waals surface area contributed by atoms with Crippen LogP contribution in [0.2, 0.25) is 0 Å². The van der Waals surface area contributed by atoms with Crippen LogP contribution in [0.25, 0.3) is 0 Å². The van der Waals surface area contributed by atoms with Crippen LogP contribution in [0, 0.1) is 5.41 Å². The van der Waals surface area contributed by atoms with Crippen molar-refractivity contribution < 1.29 is 4.79 Å². The molecule has 2 heterocycles. The van der Waals surface area contributed by atoms with Crippen LogP contribution in [0.5, 0.6) is 0 Å². The van der Waals surface area contributed by atoms with E-state index in [9.17, 15) is 4.79 Å². The average molecular weight is 220 g/mol. The van der Waals surface area contributed by atoms with Crippen LogP contribution >= 0.6 is 0 Å². The highest BCUT2D eigenvalue weighted by atomic mass is 16.2. The second-order valence-electron chi connectivity index (χ2n) is 4.37. The first kappa shape index (κ1) is 11.0. The Kier molecular flexibility index (Phi) is 3.14. The van der Waals surface area contributed by atoms with Crippen molar-refractivity contribution in [2.24, 2.45) is 5.41 Å². The molecule has 1 unspecified atom stereocenters. The van der Waals surface area contributed by atoms with Crippen molar-refractivity contribution in [1.29, 1.82) is 0 Å². The predicted molar refractivity (Wildman–Crippen MR) is 59.5 cm³/mol. The van der Waals surface area contributed by atoms with Crippen molar-refractivity contribution in [3.05, 3.63) is 24.3 Å². The van der Waals surface area contributed by atoms with Crippen LogP contribution in [0.4, 0.5) is 0 Å². The number of aromatic nitrogens is 2. The summed E-state index contributed by atoms with van der Waals surface area (Å²) in [6.07, 6.45) is 4.05. The van der Waals surface area contributed by atoms with Crippen molar-refractivity contribution in [2.75, 3.05) is 13.1 Å². The van der Waals surface area contributed by atoms with Gasteiger partial charge in [0.2, 0.25) is 5.91 Å². The van der Waals surface area contributed by atoms with E-state index in [-0.39, 0.29) is 11.3 Å². The first-order chi connectivity index (χ1) is 7.71. The van der Waals surface area contributed by atoms with E-state index in [0.717, 1.165) is 25.2 Å². The summed E-state index contributed by atoms with van der Waals surface area (Å²) >= 11 is 0. The molecule has 16 heavy (non-hydrogen) atoms. The van der Waals surface area contributed by atoms with Gasteiger partial charge in [-0.1, -0.05) is 0 Å². The Bertz CT molecular complexity index is 360. The predicted octanol–water partition coefficient (Wildman–Crippen LogP) is 0.0924. The van der Waals surface area contributed by atoms with Crippen molar-refractivity contribution in [3.8, 4) is 0 Å². The summed E-state index contributed by atoms with van der Waals surface area (Å²) in [5.41, 5.74) is 0.561. The van der Waals surface area contributed by atoms with E-state index in [2.05, 4.69) is 20.6 Å². The quantitative estimate of drug-likeness (QED) is 0.757. The van der Waals surface area contributed by atoms with Gasteiger partial charge in [-0.05, 0) is 26.0 Å². The monoisotopic (exact) mass is 220 g/mol. The molecule has 1 saturated heterocycles. The summed E-state index contributed by atoms with van der Waals surface area (Å²) in [6.45, 7) is 4.12. The van der Waals surface area contributed by atoms with Gasteiger partial charge in [-0.2, -0.15) is 0 Å². The molecule has 5 heteroatoms. The van der Waals surface area contributed by atoms with Gasteiger partial charge in [0.15, 0.2) is 0 Å². The highest BCUT2D eigenvalue weighted by Crippen LogP contribution is 2.24. The Morgan fingerprint density at radius 2 is 2.56 bits per heavy atom. The third-order valence-electron chi connectivity index (χ3n) is 2.99. The zero-order valence-electron chi connectivity index (χ0n) is 9.36. The molecule has 1 aliphatic rings. The van der Waals surface area contributed by atoms with Crippen molar-refractivity contribution >= 4 is 5.91 Å². The summed E-state index contributed by atoms with van der Waals surface area (Å²) in [6, 6.07) is 1.80. The van der Waals surface area contributed by atoms with Crippen LogP contribution in [0.1, 0.15) is 19.0 Å². The molecule has 0 aliphatic carbocycles. The minimum absolute atomic E-state index is 0.0936. The van der Waals surface area contributed by atoms with Gasteiger partial charge in [-0.15, -0.1) is 0 Å². The molecule has 1 aromatic heterocycles. The first-order valence-corrected chi connectivity index (χ1v) is 5.45. The van der Waals surface area contributed by atoms with E-state index in [0.29, 0.717) is 6.54 Å². The second kappa shape index (κ2) is 4.57. The molecule has 5 nitrogen and oxygen atoms in total. The molecule has 0 bridgehead atoms. The van der Waals surface area contributed by atoms with E-state index in [1.807, 2.05) is 6.92 Å². The molecule has 1 aliphatic heterocycles. The lowest BCUT2D eigenvalue weighted by Gasteiger charge is -2.21. The molecule has 0 saturated carbocycles. The fourth-order valence-electron chi connectivity index (χ4n) is 1.82. The highest BCUT2D eigenvalue weighted by molar-refractivity contribution is 5.82. The van der Waals surface area contributed by atoms with Crippen LogP contribution in [-0.4, -0.2) is 29.0 Å². The number of nitrogens with one attached hydrogen (secondary N) is 2. The van der Waals surface area contributed by atoms with Crippen LogP contribution < -0.4 is 10.6 Å². The number of nitrogens with zero attached hydrogens (tertiary/aromatic N) is 2. The minimum Gasteiger partial charge on any atom is -0.350 e. The third kappa shape index (κ3) is 2.36. The Hall–Kier alpha value is -1.49. The van der Waals surface area contributed by atoms with Gasteiger partial charge < -0.3 is 10.6 Å². The van der Waals surface area contributed by atoms with Gasteiger partial charge in [0.05, 0.1) is 17.7 Å². The topological polar surface area (TPSA) is 66.9 Å². The van der Waals surface area contributed by atoms with Gasteiger partial charge in [-0.25, -0.2) is 9.97 Å². The van der Waals surface area contributed by atoms with Crippen LogP contribution in [0.3, 0.4) is 0 Å². The molecule has 1 amide bonds. The lowest BCUT2D eigenvalue weighted by atomic mass is 9.89. The summed E-state index contributed by atoms with van der Waals surface area (Å²) in [4.78, 5) is 19.8. The largest absolute Gasteiger partial charge is 0.350 e. The van der Waals surface area contributed by atoms with E-state index < -0.39 is 0 Å². The molecule has 0 spiro atoms. The summed E-state index contributed by atoms with van der Waals surface area (Å²) in [5.74, 6) is 0.0936. The van der Waals surface area contributed by atoms with Crippen LogP contribution in [0.15, 0.2) is 18.6 Å². The maximum absolute atomic E-state index is 11.9. The zero-order chi connectivity index (χ0) is 11.4. The van der Waals surface area contributed by atoms with Gasteiger partial charge in [0.1, 0.15) is 6.33 Å². The number of amides is 1. The van der Waals surface area contributed by atoms with Crippen molar-refractivity contribution in [1.82, 2.24) is 20.6 Å². The van der Waals surface area contributed by atoms with Gasteiger partial charge in [-0.3, -0.25) is 4.79 Å². The van der Waals surface area contributed by atoms with E-state index in [4.69, 9.17) is 0 Å². The Morgan fingerprint density at radius 3 is 3.19 bits per heavy atom. The lowest BCUT2D eigenvalue weighted by molar-refractivity contribution is -0.129. The van der Waals surface area contributed by atoms with E-state index in [1.54, 1.807) is 12.3 Å². The molecule has 2 rings (SSSR count). The summed E-state index contributed by atoms with van der Waals surface area (Å²) in [5, 5.41) is 6.12. The highest BCUT2D eigenvalue weighted by Gasteiger charge is 2.35. The number of hydrogen-bond acceptors (Lipinski definition) is 4. The van der Waals surface area contributed by atoms with Gasteiger partial charge in [0, 0.05) is 12.7 Å². The number of hydrogen-bond donors (Lipinski definition) is 2. The smallest absolute Gasteiger partial charge is 0.227 e. The molecule has 1 fully saturated rings. The number of carbonyl (C=O) groups is 1. The standard InChI is InChI=1S/C11H16N4O/c1-11(3-5-12-7-11)10(16)14-6-9-2-4-13-8-15-9/h2,4,8,12H,3,5-7H2,1H3,(H,14,16). The fourth-order valence-corrected chi connectivity index (χ4v) is 1.82. The minimum atomic E-state index is -0.271. The van der Waals surface area contributed by atoms with Crippen LogP contribution in [-0.2, 0) is 11.3 Å². The van der Waals surface area contributed by atoms with E-state index >= 15 is 0 Å².